The summed E-state index contributed by atoms with van der Waals surface area (Å²) in [6, 6.07) is 0. The molecule has 0 heterocycles. The van der Waals surface area contributed by atoms with Gasteiger partial charge in [-0.3, -0.25) is 0 Å². The molecule has 10 heavy (non-hydrogen) atoms. The van der Waals surface area contributed by atoms with Crippen molar-refractivity contribution >= 4 is 0 Å². The fourth-order valence-corrected chi connectivity index (χ4v) is 0.253. The number of alkyl halides is 4. The lowest BCUT2D eigenvalue weighted by Crippen LogP contribution is -2.26. The molecule has 0 atom stereocenters. The Morgan fingerprint density at radius 2 is 1.50 bits per heavy atom. The standard InChI is InChI=1S/C5H8F4O/c1-4(6,7)3-10-5(2,8)9/h3H2,1-2H3. The third-order valence-corrected chi connectivity index (χ3v) is 0.579. The summed E-state index contributed by atoms with van der Waals surface area (Å²) in [6.07, 6.45) is -3.47. The molecule has 0 N–H and O–H groups in total. The Labute approximate surface area is 56.0 Å². The molecule has 0 saturated heterocycles. The molecule has 0 fully saturated rings. The maximum absolute atomic E-state index is 11.8. The van der Waals surface area contributed by atoms with Crippen molar-refractivity contribution in [3.05, 3.63) is 0 Å². The van der Waals surface area contributed by atoms with Crippen LogP contribution < -0.4 is 0 Å². The van der Waals surface area contributed by atoms with Gasteiger partial charge in [0.15, 0.2) is 0 Å². The van der Waals surface area contributed by atoms with E-state index >= 15 is 0 Å². The Hall–Kier alpha value is -0.320. The first-order valence-corrected chi connectivity index (χ1v) is 2.60. The molecule has 0 aromatic carbocycles. The molecule has 1 nitrogen and oxygen atoms in total. The van der Waals surface area contributed by atoms with Crippen molar-refractivity contribution < 1.29 is 22.3 Å². The average Bonchev–Trinajstić information content (AvgIpc) is 1.57. The Morgan fingerprint density at radius 3 is 1.60 bits per heavy atom. The van der Waals surface area contributed by atoms with Gasteiger partial charge < -0.3 is 4.74 Å². The molecule has 0 aliphatic heterocycles. The highest BCUT2D eigenvalue weighted by atomic mass is 19.3. The lowest BCUT2D eigenvalue weighted by atomic mass is 10.4. The van der Waals surface area contributed by atoms with Crippen LogP contribution in [0.1, 0.15) is 13.8 Å². The molecule has 0 unspecified atom stereocenters. The highest BCUT2D eigenvalue weighted by Crippen LogP contribution is 2.19. The molecule has 0 aliphatic carbocycles. The van der Waals surface area contributed by atoms with Crippen LogP contribution in [-0.2, 0) is 4.74 Å². The number of rotatable bonds is 3. The maximum Gasteiger partial charge on any atom is 0.353 e. The number of hydrogen-bond donors (Lipinski definition) is 0. The highest BCUT2D eigenvalue weighted by molar-refractivity contribution is 4.56. The molecule has 0 aromatic heterocycles. The predicted octanol–water partition coefficient (Wildman–Crippen LogP) is 2.27. The number of halogens is 4. The van der Waals surface area contributed by atoms with Gasteiger partial charge in [0.25, 0.3) is 5.92 Å². The van der Waals surface area contributed by atoms with Gasteiger partial charge >= 0.3 is 6.11 Å². The summed E-state index contributed by atoms with van der Waals surface area (Å²) < 4.78 is 50.5. The lowest BCUT2D eigenvalue weighted by molar-refractivity contribution is -0.251. The summed E-state index contributed by atoms with van der Waals surface area (Å²) in [5, 5.41) is 0. The fourth-order valence-electron chi connectivity index (χ4n) is 0.253. The summed E-state index contributed by atoms with van der Waals surface area (Å²) in [5.74, 6) is -3.20. The first-order chi connectivity index (χ1) is 4.21. The zero-order chi connectivity index (χ0) is 8.41. The smallest absolute Gasteiger partial charge is 0.314 e. The van der Waals surface area contributed by atoms with Crippen LogP contribution in [0.3, 0.4) is 0 Å². The largest absolute Gasteiger partial charge is 0.353 e. The van der Waals surface area contributed by atoms with Crippen LogP contribution in [0.4, 0.5) is 17.6 Å². The van der Waals surface area contributed by atoms with Crippen LogP contribution in [0.15, 0.2) is 0 Å². The molecule has 0 aromatic rings. The molecule has 0 aliphatic rings. The monoisotopic (exact) mass is 160 g/mol. The molecule has 5 heteroatoms. The quantitative estimate of drug-likeness (QED) is 0.575. The molecule has 0 radical (unpaired) electrons. The molecule has 0 amide bonds. The first kappa shape index (κ1) is 9.68. The number of ether oxygens (including phenoxy) is 1. The summed E-state index contributed by atoms with van der Waals surface area (Å²) in [5.41, 5.74) is 0. The third kappa shape index (κ3) is 7.68. The van der Waals surface area contributed by atoms with Crippen molar-refractivity contribution in [3.8, 4) is 0 Å². The number of hydrogen-bond acceptors (Lipinski definition) is 1. The summed E-state index contributed by atoms with van der Waals surface area (Å²) >= 11 is 0. The maximum atomic E-state index is 11.8. The van der Waals surface area contributed by atoms with Crippen LogP contribution in [0, 0.1) is 0 Å². The van der Waals surface area contributed by atoms with Gasteiger partial charge in [-0.15, -0.1) is 0 Å². The van der Waals surface area contributed by atoms with Gasteiger partial charge in [-0.1, -0.05) is 0 Å². The SMILES string of the molecule is CC(F)(F)COC(C)(F)F. The van der Waals surface area contributed by atoms with Crippen LogP contribution in [0.25, 0.3) is 0 Å². The van der Waals surface area contributed by atoms with Crippen LogP contribution >= 0.6 is 0 Å². The Balaban J connectivity index is 3.56. The van der Waals surface area contributed by atoms with Crippen LogP contribution in [-0.4, -0.2) is 18.6 Å². The normalized spacial score (nSPS) is 13.8. The zero-order valence-corrected chi connectivity index (χ0v) is 5.63. The van der Waals surface area contributed by atoms with Crippen molar-refractivity contribution in [1.82, 2.24) is 0 Å². The van der Waals surface area contributed by atoms with Gasteiger partial charge in [-0.05, 0) is 0 Å². The van der Waals surface area contributed by atoms with Crippen molar-refractivity contribution in [2.45, 2.75) is 25.9 Å². The second-order valence-corrected chi connectivity index (χ2v) is 2.17. The van der Waals surface area contributed by atoms with E-state index in [0.29, 0.717) is 13.8 Å². The van der Waals surface area contributed by atoms with E-state index in [1.165, 1.54) is 0 Å². The Kier molecular flexibility index (Phi) is 2.65. The predicted molar refractivity (Wildman–Crippen MR) is 27.2 cm³/mol. The average molecular weight is 160 g/mol. The van der Waals surface area contributed by atoms with E-state index < -0.39 is 18.6 Å². The minimum atomic E-state index is -3.47. The topological polar surface area (TPSA) is 9.23 Å². The Bertz CT molecular complexity index is 87.2. The Morgan fingerprint density at radius 1 is 1.10 bits per heavy atom. The van der Waals surface area contributed by atoms with Gasteiger partial charge in [0.1, 0.15) is 6.61 Å². The van der Waals surface area contributed by atoms with E-state index in [0.717, 1.165) is 0 Å². The van der Waals surface area contributed by atoms with E-state index in [2.05, 4.69) is 4.74 Å². The van der Waals surface area contributed by atoms with Crippen molar-refractivity contribution in [1.29, 1.82) is 0 Å². The van der Waals surface area contributed by atoms with E-state index in [1.54, 1.807) is 0 Å². The summed E-state index contributed by atoms with van der Waals surface area (Å²) in [7, 11) is 0. The van der Waals surface area contributed by atoms with Crippen LogP contribution in [0.2, 0.25) is 0 Å². The molecule has 0 rings (SSSR count). The van der Waals surface area contributed by atoms with E-state index in [1.807, 2.05) is 0 Å². The minimum Gasteiger partial charge on any atom is -0.314 e. The minimum absolute atomic E-state index is 0.415. The molecule has 0 spiro atoms. The summed E-state index contributed by atoms with van der Waals surface area (Å²) in [6.45, 7) is -0.325. The van der Waals surface area contributed by atoms with E-state index in [4.69, 9.17) is 0 Å². The lowest BCUT2D eigenvalue weighted by Gasteiger charge is -2.14. The molecular formula is C5H8F4O. The highest BCUT2D eigenvalue weighted by Gasteiger charge is 2.29. The van der Waals surface area contributed by atoms with Crippen molar-refractivity contribution in [2.75, 3.05) is 6.61 Å². The third-order valence-electron chi connectivity index (χ3n) is 0.579. The fraction of sp³-hybridized carbons (Fsp3) is 1.00. The van der Waals surface area contributed by atoms with Gasteiger partial charge in [0.2, 0.25) is 0 Å². The molecule has 62 valence electrons. The van der Waals surface area contributed by atoms with E-state index in [9.17, 15) is 17.6 Å². The second-order valence-electron chi connectivity index (χ2n) is 2.17. The van der Waals surface area contributed by atoms with Gasteiger partial charge in [-0.2, -0.15) is 8.78 Å². The first-order valence-electron chi connectivity index (χ1n) is 2.60. The van der Waals surface area contributed by atoms with E-state index in [-0.39, 0.29) is 0 Å². The van der Waals surface area contributed by atoms with Crippen LogP contribution in [0.5, 0.6) is 0 Å². The molecule has 0 bridgehead atoms. The molecule has 0 saturated carbocycles. The van der Waals surface area contributed by atoms with Crippen molar-refractivity contribution in [3.63, 3.8) is 0 Å². The van der Waals surface area contributed by atoms with Gasteiger partial charge in [0.05, 0.1) is 0 Å². The second kappa shape index (κ2) is 2.74. The van der Waals surface area contributed by atoms with Gasteiger partial charge in [-0.25, -0.2) is 8.78 Å². The summed E-state index contributed by atoms with van der Waals surface area (Å²) in [4.78, 5) is 0. The molecular weight excluding hydrogens is 152 g/mol. The van der Waals surface area contributed by atoms with Gasteiger partial charge in [0, 0.05) is 13.8 Å². The van der Waals surface area contributed by atoms with Crippen molar-refractivity contribution in [2.24, 2.45) is 0 Å². The zero-order valence-electron chi connectivity index (χ0n) is 5.63.